The Hall–Kier alpha value is -2.30. The minimum atomic E-state index is -0.649. The lowest BCUT2D eigenvalue weighted by molar-refractivity contribution is -0.145. The Labute approximate surface area is 141 Å². The van der Waals surface area contributed by atoms with Crippen molar-refractivity contribution in [2.75, 3.05) is 7.11 Å². The number of hydrogen-bond donors (Lipinski definition) is 2. The predicted molar refractivity (Wildman–Crippen MR) is 92.5 cm³/mol. The Morgan fingerprint density at radius 2 is 2.00 bits per heavy atom. The van der Waals surface area contributed by atoms with E-state index in [1.54, 1.807) is 0 Å². The van der Waals surface area contributed by atoms with Crippen molar-refractivity contribution >= 4 is 22.8 Å². The molecule has 0 spiro atoms. The number of esters is 1. The molecule has 2 aromatic rings. The molecule has 0 aliphatic heterocycles. The average molecular weight is 328 g/mol. The van der Waals surface area contributed by atoms with Gasteiger partial charge in [0.15, 0.2) is 0 Å². The summed E-state index contributed by atoms with van der Waals surface area (Å²) in [7, 11) is 1.36. The lowest BCUT2D eigenvalue weighted by Crippen LogP contribution is -2.45. The zero-order chi connectivity index (χ0) is 16.9. The molecule has 0 radical (unpaired) electrons. The fourth-order valence-electron chi connectivity index (χ4n) is 3.51. The van der Waals surface area contributed by atoms with Gasteiger partial charge in [-0.05, 0) is 24.5 Å². The third-order valence-electron chi connectivity index (χ3n) is 4.88. The number of benzene rings is 1. The molecule has 1 fully saturated rings. The van der Waals surface area contributed by atoms with Gasteiger partial charge in [0.2, 0.25) is 5.91 Å². The van der Waals surface area contributed by atoms with E-state index in [4.69, 9.17) is 4.74 Å². The summed E-state index contributed by atoms with van der Waals surface area (Å²) in [5, 5.41) is 3.98. The molecule has 5 nitrogen and oxygen atoms in total. The summed E-state index contributed by atoms with van der Waals surface area (Å²) < 4.78 is 4.90. The van der Waals surface area contributed by atoms with E-state index in [2.05, 4.69) is 10.3 Å². The van der Waals surface area contributed by atoms with Gasteiger partial charge in [-0.25, -0.2) is 4.79 Å². The first-order valence-corrected chi connectivity index (χ1v) is 8.62. The fraction of sp³-hybridized carbons (Fsp3) is 0.474. The van der Waals surface area contributed by atoms with Crippen molar-refractivity contribution in [3.05, 3.63) is 36.0 Å². The second kappa shape index (κ2) is 7.51. The van der Waals surface area contributed by atoms with E-state index < -0.39 is 12.0 Å². The quantitative estimate of drug-likeness (QED) is 0.829. The molecule has 128 valence electrons. The van der Waals surface area contributed by atoms with E-state index >= 15 is 0 Å². The summed E-state index contributed by atoms with van der Waals surface area (Å²) in [6, 6.07) is 7.28. The molecule has 0 saturated heterocycles. The molecular weight excluding hydrogens is 304 g/mol. The van der Waals surface area contributed by atoms with Crippen molar-refractivity contribution in [2.45, 2.75) is 44.6 Å². The lowest BCUT2D eigenvalue weighted by atomic mass is 9.88. The highest BCUT2D eigenvalue weighted by Crippen LogP contribution is 2.24. The van der Waals surface area contributed by atoms with Crippen LogP contribution in [0.4, 0.5) is 0 Å². The second-order valence-corrected chi connectivity index (χ2v) is 6.48. The monoisotopic (exact) mass is 328 g/mol. The summed E-state index contributed by atoms with van der Waals surface area (Å²) in [5.74, 6) is -0.400. The molecule has 1 amide bonds. The number of ether oxygens (including phenoxy) is 1. The van der Waals surface area contributed by atoms with Crippen molar-refractivity contribution in [2.24, 2.45) is 5.92 Å². The van der Waals surface area contributed by atoms with Gasteiger partial charge in [0.25, 0.3) is 0 Å². The van der Waals surface area contributed by atoms with Crippen LogP contribution in [0.5, 0.6) is 0 Å². The van der Waals surface area contributed by atoms with E-state index in [0.717, 1.165) is 42.1 Å². The number of H-pyrrole nitrogens is 1. The smallest absolute Gasteiger partial charge is 0.328 e. The Bertz CT molecular complexity index is 716. The normalized spacial score (nSPS) is 16.7. The Morgan fingerprint density at radius 3 is 2.75 bits per heavy atom. The third-order valence-corrected chi connectivity index (χ3v) is 4.88. The molecule has 2 N–H and O–H groups in total. The largest absolute Gasteiger partial charge is 0.467 e. The molecule has 1 unspecified atom stereocenters. The minimum absolute atomic E-state index is 0.0221. The number of fused-ring (bicyclic) bond motifs is 1. The van der Waals surface area contributed by atoms with E-state index in [1.807, 2.05) is 30.5 Å². The first-order chi connectivity index (χ1) is 11.7. The predicted octanol–water partition coefficient (Wildman–Crippen LogP) is 2.95. The average Bonchev–Trinajstić information content (AvgIpc) is 3.04. The van der Waals surface area contributed by atoms with Crippen LogP contribution in [0, 0.1) is 5.92 Å². The maximum Gasteiger partial charge on any atom is 0.328 e. The van der Waals surface area contributed by atoms with Gasteiger partial charge in [0.05, 0.1) is 7.11 Å². The van der Waals surface area contributed by atoms with E-state index in [-0.39, 0.29) is 11.8 Å². The van der Waals surface area contributed by atoms with Crippen LogP contribution in [0.2, 0.25) is 0 Å². The summed E-state index contributed by atoms with van der Waals surface area (Å²) in [4.78, 5) is 27.8. The van der Waals surface area contributed by atoms with Crippen LogP contribution in [0.3, 0.4) is 0 Å². The zero-order valence-electron chi connectivity index (χ0n) is 14.0. The molecule has 0 bridgehead atoms. The molecule has 1 atom stereocenters. The molecule has 1 aliphatic rings. The fourth-order valence-corrected chi connectivity index (χ4v) is 3.51. The lowest BCUT2D eigenvalue weighted by Gasteiger charge is -2.23. The molecular formula is C19H24N2O3. The Morgan fingerprint density at radius 1 is 1.25 bits per heavy atom. The number of amides is 1. The van der Waals surface area contributed by atoms with E-state index in [0.29, 0.717) is 6.42 Å². The zero-order valence-corrected chi connectivity index (χ0v) is 14.0. The van der Waals surface area contributed by atoms with Crippen LogP contribution in [0.1, 0.15) is 37.7 Å². The number of hydrogen-bond acceptors (Lipinski definition) is 3. The van der Waals surface area contributed by atoms with E-state index in [9.17, 15) is 9.59 Å². The van der Waals surface area contributed by atoms with Gasteiger partial charge in [-0.1, -0.05) is 37.5 Å². The highest BCUT2D eigenvalue weighted by molar-refractivity contribution is 5.88. The molecule has 1 aromatic heterocycles. The topological polar surface area (TPSA) is 71.2 Å². The maximum atomic E-state index is 12.5. The summed E-state index contributed by atoms with van der Waals surface area (Å²) in [5.41, 5.74) is 2.03. The van der Waals surface area contributed by atoms with Crippen molar-refractivity contribution < 1.29 is 14.3 Å². The highest BCUT2D eigenvalue weighted by atomic mass is 16.5. The number of nitrogens with one attached hydrogen (secondary N) is 2. The van der Waals surface area contributed by atoms with Gasteiger partial charge in [0, 0.05) is 29.4 Å². The molecule has 24 heavy (non-hydrogen) atoms. The van der Waals surface area contributed by atoms with Gasteiger partial charge in [-0.2, -0.15) is 0 Å². The van der Waals surface area contributed by atoms with Crippen LogP contribution in [0.25, 0.3) is 10.9 Å². The first-order valence-electron chi connectivity index (χ1n) is 8.62. The van der Waals surface area contributed by atoms with Crippen molar-refractivity contribution in [3.63, 3.8) is 0 Å². The number of aromatic amines is 1. The molecule has 1 aliphatic carbocycles. The number of aromatic nitrogens is 1. The number of carbonyl (C=O) groups excluding carboxylic acids is 2. The van der Waals surface area contributed by atoms with Crippen LogP contribution < -0.4 is 5.32 Å². The second-order valence-electron chi connectivity index (χ2n) is 6.48. The summed E-state index contributed by atoms with van der Waals surface area (Å²) >= 11 is 0. The van der Waals surface area contributed by atoms with Crippen LogP contribution in [-0.4, -0.2) is 30.0 Å². The van der Waals surface area contributed by atoms with Crippen LogP contribution in [-0.2, 0) is 20.7 Å². The van der Waals surface area contributed by atoms with Crippen LogP contribution in [0.15, 0.2) is 30.5 Å². The van der Waals surface area contributed by atoms with Gasteiger partial charge in [-0.15, -0.1) is 0 Å². The number of carbonyl (C=O) groups is 2. The first kappa shape index (κ1) is 16.6. The van der Waals surface area contributed by atoms with Gasteiger partial charge < -0.3 is 15.0 Å². The minimum Gasteiger partial charge on any atom is -0.467 e. The molecule has 5 heteroatoms. The van der Waals surface area contributed by atoms with Crippen molar-refractivity contribution in [1.82, 2.24) is 10.3 Å². The highest BCUT2D eigenvalue weighted by Gasteiger charge is 2.27. The Kier molecular flexibility index (Phi) is 5.18. The van der Waals surface area contributed by atoms with Gasteiger partial charge in [-0.3, -0.25) is 4.79 Å². The Balaban J connectivity index is 1.74. The number of rotatable bonds is 5. The maximum absolute atomic E-state index is 12.5. The summed E-state index contributed by atoms with van der Waals surface area (Å²) in [6.45, 7) is 0. The van der Waals surface area contributed by atoms with Gasteiger partial charge in [0.1, 0.15) is 6.04 Å². The molecule has 1 aromatic carbocycles. The van der Waals surface area contributed by atoms with Gasteiger partial charge >= 0.3 is 5.97 Å². The molecule has 1 saturated carbocycles. The number of para-hydroxylation sites is 1. The van der Waals surface area contributed by atoms with Crippen molar-refractivity contribution in [3.8, 4) is 0 Å². The van der Waals surface area contributed by atoms with Crippen molar-refractivity contribution in [1.29, 1.82) is 0 Å². The van der Waals surface area contributed by atoms with E-state index in [1.165, 1.54) is 13.5 Å². The molecule has 1 heterocycles. The van der Waals surface area contributed by atoms with Crippen LogP contribution >= 0.6 is 0 Å². The summed E-state index contributed by atoms with van der Waals surface area (Å²) in [6.07, 6.45) is 7.51. The standard InChI is InChI=1S/C19H24N2O3/c1-24-19(23)17(21-18(22)13-7-3-2-4-8-13)11-14-12-20-16-10-6-5-9-15(14)16/h5-6,9-10,12-13,17,20H,2-4,7-8,11H2,1H3,(H,21,22). The molecule has 3 rings (SSSR count). The number of methoxy groups -OCH3 is 1. The third kappa shape index (κ3) is 3.61. The SMILES string of the molecule is COC(=O)C(Cc1c[nH]c2ccccc12)NC(=O)C1CCCCC1.